The largest absolute Gasteiger partial charge is 0.266 e. The van der Waals surface area contributed by atoms with E-state index in [2.05, 4.69) is 17.1 Å². The monoisotopic (exact) mass is 259 g/mol. The molecule has 0 saturated carbocycles. The van der Waals surface area contributed by atoms with Crippen molar-refractivity contribution < 1.29 is 8.42 Å². The summed E-state index contributed by atoms with van der Waals surface area (Å²) in [7, 11) is -3.43. The average molecular weight is 259 g/mol. The van der Waals surface area contributed by atoms with Crippen molar-refractivity contribution in [1.29, 1.82) is 0 Å². The van der Waals surface area contributed by atoms with E-state index >= 15 is 0 Å². The minimum absolute atomic E-state index is 0.00912. The van der Waals surface area contributed by atoms with Crippen molar-refractivity contribution in [3.05, 3.63) is 12.3 Å². The number of hydrogen-bond acceptors (Lipinski definition) is 3. The third-order valence-electron chi connectivity index (χ3n) is 2.88. The van der Waals surface area contributed by atoms with Crippen LogP contribution in [-0.4, -0.2) is 35.5 Å². The van der Waals surface area contributed by atoms with Gasteiger partial charge in [0.05, 0.1) is 6.20 Å². The van der Waals surface area contributed by atoms with E-state index in [0.717, 1.165) is 19.3 Å². The Hall–Kier alpha value is -0.880. The molecule has 0 amide bonds. The Morgan fingerprint density at radius 2 is 2.18 bits per heavy atom. The summed E-state index contributed by atoms with van der Waals surface area (Å²) in [5.74, 6) is 0. The Bertz CT molecular complexity index is 414. The van der Waals surface area contributed by atoms with Crippen molar-refractivity contribution >= 4 is 10.0 Å². The molecule has 0 fully saturated rings. The van der Waals surface area contributed by atoms with Gasteiger partial charge in [-0.05, 0) is 25.8 Å². The summed E-state index contributed by atoms with van der Waals surface area (Å²) in [4.78, 5) is 0. The topological polar surface area (TPSA) is 66.1 Å². The molecule has 0 radical (unpaired) electrons. The fourth-order valence-electron chi connectivity index (χ4n) is 1.61. The second-order valence-corrected chi connectivity index (χ2v) is 6.01. The minimum atomic E-state index is -3.43. The van der Waals surface area contributed by atoms with Crippen LogP contribution in [0.4, 0.5) is 0 Å². The van der Waals surface area contributed by atoms with Gasteiger partial charge >= 0.3 is 0 Å². The van der Waals surface area contributed by atoms with Crippen molar-refractivity contribution in [2.24, 2.45) is 0 Å². The molecule has 1 atom stereocenters. The first-order chi connectivity index (χ1) is 8.04. The van der Waals surface area contributed by atoms with Gasteiger partial charge in [-0.2, -0.15) is 9.40 Å². The SMILES string of the molecule is CCCCN(C(C)CC)S(=O)(=O)c1ccn[nH]1. The molecule has 98 valence electrons. The summed E-state index contributed by atoms with van der Waals surface area (Å²) in [6.07, 6.45) is 4.11. The molecule has 0 aromatic carbocycles. The molecular weight excluding hydrogens is 238 g/mol. The maximum Gasteiger partial charge on any atom is 0.260 e. The fourth-order valence-corrected chi connectivity index (χ4v) is 3.25. The van der Waals surface area contributed by atoms with Gasteiger partial charge in [-0.1, -0.05) is 20.3 Å². The van der Waals surface area contributed by atoms with Crippen molar-refractivity contribution in [3.8, 4) is 0 Å². The minimum Gasteiger partial charge on any atom is -0.266 e. The first-order valence-electron chi connectivity index (χ1n) is 6.05. The summed E-state index contributed by atoms with van der Waals surface area (Å²) in [5, 5.41) is 6.41. The predicted molar refractivity (Wildman–Crippen MR) is 67.1 cm³/mol. The molecule has 0 saturated heterocycles. The second-order valence-electron chi connectivity index (χ2n) is 4.15. The molecule has 1 heterocycles. The molecule has 1 aromatic rings. The van der Waals surface area contributed by atoms with Gasteiger partial charge < -0.3 is 0 Å². The number of hydrogen-bond donors (Lipinski definition) is 1. The van der Waals surface area contributed by atoms with E-state index in [4.69, 9.17) is 0 Å². The molecular formula is C11H21N3O2S. The van der Waals surface area contributed by atoms with Gasteiger partial charge in [-0.25, -0.2) is 8.42 Å². The van der Waals surface area contributed by atoms with Gasteiger partial charge in [0.15, 0.2) is 5.03 Å². The van der Waals surface area contributed by atoms with Crippen LogP contribution >= 0.6 is 0 Å². The molecule has 0 aliphatic carbocycles. The Morgan fingerprint density at radius 3 is 2.65 bits per heavy atom. The molecule has 0 bridgehead atoms. The highest BCUT2D eigenvalue weighted by Gasteiger charge is 2.28. The van der Waals surface area contributed by atoms with E-state index in [1.165, 1.54) is 12.3 Å². The van der Waals surface area contributed by atoms with E-state index in [9.17, 15) is 8.42 Å². The first-order valence-corrected chi connectivity index (χ1v) is 7.49. The van der Waals surface area contributed by atoms with Crippen LogP contribution in [0.3, 0.4) is 0 Å². The summed E-state index contributed by atoms with van der Waals surface area (Å²) in [6.45, 7) is 6.54. The molecule has 0 spiro atoms. The predicted octanol–water partition coefficient (Wildman–Crippen LogP) is 2.00. The van der Waals surface area contributed by atoms with Crippen LogP contribution in [0.1, 0.15) is 40.0 Å². The summed E-state index contributed by atoms with van der Waals surface area (Å²) in [6, 6.07) is 1.51. The molecule has 1 N–H and O–H groups in total. The second kappa shape index (κ2) is 6.16. The first kappa shape index (κ1) is 14.2. The van der Waals surface area contributed by atoms with Gasteiger partial charge in [0.1, 0.15) is 0 Å². The Labute approximate surface area is 103 Å². The zero-order chi connectivity index (χ0) is 12.9. The number of rotatable bonds is 7. The molecule has 1 unspecified atom stereocenters. The quantitative estimate of drug-likeness (QED) is 0.814. The number of nitrogens with one attached hydrogen (secondary N) is 1. The number of aromatic amines is 1. The maximum atomic E-state index is 12.4. The lowest BCUT2D eigenvalue weighted by Crippen LogP contribution is -2.39. The van der Waals surface area contributed by atoms with Crippen LogP contribution in [0.25, 0.3) is 0 Å². The van der Waals surface area contributed by atoms with Crippen molar-refractivity contribution in [1.82, 2.24) is 14.5 Å². The fraction of sp³-hybridized carbons (Fsp3) is 0.727. The zero-order valence-electron chi connectivity index (χ0n) is 10.7. The average Bonchev–Trinajstić information content (AvgIpc) is 2.83. The van der Waals surface area contributed by atoms with E-state index in [1.807, 2.05) is 13.8 Å². The highest BCUT2D eigenvalue weighted by molar-refractivity contribution is 7.89. The highest BCUT2D eigenvalue weighted by atomic mass is 32.2. The van der Waals surface area contributed by atoms with Gasteiger partial charge in [-0.3, -0.25) is 5.10 Å². The third-order valence-corrected chi connectivity index (χ3v) is 4.82. The lowest BCUT2D eigenvalue weighted by molar-refractivity contribution is 0.323. The molecule has 5 nitrogen and oxygen atoms in total. The van der Waals surface area contributed by atoms with Crippen LogP contribution in [0, 0.1) is 0 Å². The lowest BCUT2D eigenvalue weighted by Gasteiger charge is -2.26. The Morgan fingerprint density at radius 1 is 1.47 bits per heavy atom. The molecule has 0 aliphatic rings. The summed E-state index contributed by atoms with van der Waals surface area (Å²) >= 11 is 0. The van der Waals surface area contributed by atoms with Crippen molar-refractivity contribution in [2.75, 3.05) is 6.54 Å². The van der Waals surface area contributed by atoms with Gasteiger partial charge in [-0.15, -0.1) is 0 Å². The van der Waals surface area contributed by atoms with Crippen molar-refractivity contribution in [2.45, 2.75) is 51.1 Å². The number of sulfonamides is 1. The molecule has 0 aliphatic heterocycles. The third kappa shape index (κ3) is 3.29. The number of nitrogens with zero attached hydrogens (tertiary/aromatic N) is 2. The molecule has 1 rings (SSSR count). The normalized spacial score (nSPS) is 14.1. The lowest BCUT2D eigenvalue weighted by atomic mass is 10.2. The van der Waals surface area contributed by atoms with E-state index in [0.29, 0.717) is 6.54 Å². The van der Waals surface area contributed by atoms with Gasteiger partial charge in [0.2, 0.25) is 0 Å². The van der Waals surface area contributed by atoms with Gasteiger partial charge in [0, 0.05) is 12.6 Å². The van der Waals surface area contributed by atoms with Crippen LogP contribution in [-0.2, 0) is 10.0 Å². The van der Waals surface area contributed by atoms with Crippen LogP contribution < -0.4 is 0 Å². The van der Waals surface area contributed by atoms with E-state index in [-0.39, 0.29) is 11.1 Å². The van der Waals surface area contributed by atoms with Crippen LogP contribution in [0.2, 0.25) is 0 Å². The van der Waals surface area contributed by atoms with E-state index < -0.39 is 10.0 Å². The molecule has 6 heteroatoms. The van der Waals surface area contributed by atoms with Crippen molar-refractivity contribution in [3.63, 3.8) is 0 Å². The number of unbranched alkanes of at least 4 members (excludes halogenated alkanes) is 1. The number of aromatic nitrogens is 2. The number of H-pyrrole nitrogens is 1. The molecule has 1 aromatic heterocycles. The van der Waals surface area contributed by atoms with E-state index in [1.54, 1.807) is 4.31 Å². The standard InChI is InChI=1S/C11H21N3O2S/c1-4-6-9-14(10(3)5-2)17(15,16)11-7-8-12-13-11/h7-8,10H,4-6,9H2,1-3H3,(H,12,13). The maximum absolute atomic E-state index is 12.4. The zero-order valence-corrected chi connectivity index (χ0v) is 11.5. The Balaban J connectivity index is 2.96. The summed E-state index contributed by atoms with van der Waals surface area (Å²) in [5.41, 5.74) is 0. The Kier molecular flexibility index (Phi) is 5.14. The van der Waals surface area contributed by atoms with Crippen LogP contribution in [0.5, 0.6) is 0 Å². The highest BCUT2D eigenvalue weighted by Crippen LogP contribution is 2.18. The van der Waals surface area contributed by atoms with Crippen LogP contribution in [0.15, 0.2) is 17.3 Å². The smallest absolute Gasteiger partial charge is 0.260 e. The van der Waals surface area contributed by atoms with Gasteiger partial charge in [0.25, 0.3) is 10.0 Å². The molecule has 17 heavy (non-hydrogen) atoms. The summed E-state index contributed by atoms with van der Waals surface area (Å²) < 4.78 is 26.3.